The third-order valence-corrected chi connectivity index (χ3v) is 6.34. The lowest BCUT2D eigenvalue weighted by molar-refractivity contribution is 0.0268. The van der Waals surface area contributed by atoms with Crippen molar-refractivity contribution < 1.29 is 18.3 Å². The van der Waals surface area contributed by atoms with E-state index in [0.29, 0.717) is 38.5 Å². The van der Waals surface area contributed by atoms with Crippen molar-refractivity contribution >= 4 is 17.5 Å². The number of carbonyl (C=O) groups excluding carboxylic acids is 1. The maximum atomic E-state index is 14.7. The summed E-state index contributed by atoms with van der Waals surface area (Å²) in [5, 5.41) is 2.92. The van der Waals surface area contributed by atoms with E-state index in [1.165, 1.54) is 6.07 Å². The van der Waals surface area contributed by atoms with Gasteiger partial charge in [0.15, 0.2) is 5.69 Å². The van der Waals surface area contributed by atoms with E-state index in [1.807, 2.05) is 25.5 Å². The van der Waals surface area contributed by atoms with Crippen molar-refractivity contribution in [3.63, 3.8) is 0 Å². The second kappa shape index (κ2) is 9.66. The Hall–Kier alpha value is -2.07. The summed E-state index contributed by atoms with van der Waals surface area (Å²) in [6.07, 6.45) is 0.812. The fraction of sp³-hybridized carbons (Fsp3) is 0.565. The molecule has 2 aliphatic rings. The number of ether oxygens (including phenoxy) is 1. The quantitative estimate of drug-likeness (QED) is 0.665. The fourth-order valence-electron chi connectivity index (χ4n) is 4.53. The molecule has 1 saturated heterocycles. The van der Waals surface area contributed by atoms with Crippen LogP contribution in [0.5, 0.6) is 0 Å². The molecular weight excluding hydrogens is 452 g/mol. The zero-order chi connectivity index (χ0) is 23.8. The molecule has 1 fully saturated rings. The average molecular weight is 482 g/mol. The molecule has 2 aliphatic heterocycles. The number of hydrogen-bond acceptors (Lipinski definition) is 5. The van der Waals surface area contributed by atoms with Gasteiger partial charge in [-0.2, -0.15) is 0 Å². The highest BCUT2D eigenvalue weighted by Gasteiger charge is 2.31. The second-order valence-corrected chi connectivity index (χ2v) is 9.85. The molecule has 10 heteroatoms. The minimum absolute atomic E-state index is 0.0822. The molecule has 0 atom stereocenters. The number of hydrogen-bond donors (Lipinski definition) is 1. The van der Waals surface area contributed by atoms with Crippen molar-refractivity contribution in [2.75, 3.05) is 46.4 Å². The Labute approximate surface area is 197 Å². The van der Waals surface area contributed by atoms with Crippen LogP contribution < -0.4 is 5.32 Å². The number of amides is 1. The van der Waals surface area contributed by atoms with Gasteiger partial charge in [0.2, 0.25) is 0 Å². The number of nitrogens with one attached hydrogen (secondary N) is 1. The molecule has 1 aromatic carbocycles. The SMILES string of the molecule is CN1CCCn2c(-c3cc(Cl)c(F)cc3F)nc(C(=O)NC(C)(C)CN3CCOCC3)c2C1. The van der Waals surface area contributed by atoms with Gasteiger partial charge in [-0.15, -0.1) is 0 Å². The maximum Gasteiger partial charge on any atom is 0.272 e. The number of rotatable bonds is 5. The van der Waals surface area contributed by atoms with E-state index in [9.17, 15) is 13.6 Å². The highest BCUT2D eigenvalue weighted by atomic mass is 35.5. The van der Waals surface area contributed by atoms with Crippen LogP contribution in [0.2, 0.25) is 5.02 Å². The monoisotopic (exact) mass is 481 g/mol. The average Bonchev–Trinajstić information content (AvgIpc) is 2.97. The van der Waals surface area contributed by atoms with Crippen molar-refractivity contribution in [1.82, 2.24) is 24.7 Å². The Morgan fingerprint density at radius 3 is 2.64 bits per heavy atom. The minimum atomic E-state index is -0.830. The van der Waals surface area contributed by atoms with E-state index < -0.39 is 17.2 Å². The number of carbonyl (C=O) groups is 1. The molecule has 4 rings (SSSR count). The van der Waals surface area contributed by atoms with Crippen LogP contribution in [0.3, 0.4) is 0 Å². The van der Waals surface area contributed by atoms with Crippen LogP contribution in [0.1, 0.15) is 36.5 Å². The van der Waals surface area contributed by atoms with Crippen LogP contribution in [0.4, 0.5) is 8.78 Å². The third kappa shape index (κ3) is 5.37. The van der Waals surface area contributed by atoms with Crippen LogP contribution >= 0.6 is 11.6 Å². The third-order valence-electron chi connectivity index (χ3n) is 6.05. The summed E-state index contributed by atoms with van der Waals surface area (Å²) in [7, 11) is 1.97. The Balaban J connectivity index is 1.68. The molecule has 2 aromatic rings. The molecule has 0 bridgehead atoms. The highest BCUT2D eigenvalue weighted by molar-refractivity contribution is 6.31. The van der Waals surface area contributed by atoms with Gasteiger partial charge in [-0.3, -0.25) is 9.69 Å². The van der Waals surface area contributed by atoms with E-state index in [2.05, 4.69) is 20.1 Å². The van der Waals surface area contributed by atoms with E-state index in [-0.39, 0.29) is 28.0 Å². The summed E-state index contributed by atoms with van der Waals surface area (Å²) >= 11 is 5.94. The molecule has 0 spiro atoms. The number of halogens is 3. The second-order valence-electron chi connectivity index (χ2n) is 9.45. The first-order valence-electron chi connectivity index (χ1n) is 11.2. The molecule has 33 heavy (non-hydrogen) atoms. The first-order valence-corrected chi connectivity index (χ1v) is 11.6. The predicted molar refractivity (Wildman–Crippen MR) is 122 cm³/mol. The van der Waals surface area contributed by atoms with Crippen LogP contribution in [0.25, 0.3) is 11.4 Å². The smallest absolute Gasteiger partial charge is 0.272 e. The molecule has 1 N–H and O–H groups in total. The Kier molecular flexibility index (Phi) is 7.04. The predicted octanol–water partition coefficient (Wildman–Crippen LogP) is 3.16. The molecule has 7 nitrogen and oxygen atoms in total. The Morgan fingerprint density at radius 1 is 1.18 bits per heavy atom. The van der Waals surface area contributed by atoms with Crippen molar-refractivity contribution in [3.05, 3.63) is 40.2 Å². The standard InChI is InChI=1S/C23H30ClF2N5O2/c1-23(2,14-30-7-9-33-10-8-30)28-22(32)20-19-13-29(3)5-4-6-31(19)21(27-20)15-11-16(24)18(26)12-17(15)25/h11-12H,4-10,13-14H2,1-3H3,(H,28,32). The Bertz CT molecular complexity index is 1040. The number of aromatic nitrogens is 2. The van der Waals surface area contributed by atoms with Gasteiger partial charge in [0, 0.05) is 44.3 Å². The zero-order valence-corrected chi connectivity index (χ0v) is 20.0. The highest BCUT2D eigenvalue weighted by Crippen LogP contribution is 2.31. The summed E-state index contributed by atoms with van der Waals surface area (Å²) in [5.74, 6) is -1.62. The lowest BCUT2D eigenvalue weighted by atomic mass is 10.0. The molecule has 1 amide bonds. The van der Waals surface area contributed by atoms with Crippen LogP contribution in [0.15, 0.2) is 12.1 Å². The lowest BCUT2D eigenvalue weighted by Crippen LogP contribution is -2.53. The fourth-order valence-corrected chi connectivity index (χ4v) is 4.69. The first-order chi connectivity index (χ1) is 15.6. The van der Waals surface area contributed by atoms with Gasteiger partial charge in [0.05, 0.1) is 29.5 Å². The summed E-state index contributed by atoms with van der Waals surface area (Å²) in [5.41, 5.74) is 0.545. The summed E-state index contributed by atoms with van der Waals surface area (Å²) in [6, 6.07) is 1.99. The van der Waals surface area contributed by atoms with Gasteiger partial charge in [0.1, 0.15) is 17.5 Å². The van der Waals surface area contributed by atoms with Crippen LogP contribution in [-0.2, 0) is 17.8 Å². The first kappa shape index (κ1) is 24.1. The van der Waals surface area contributed by atoms with Gasteiger partial charge >= 0.3 is 0 Å². The molecule has 3 heterocycles. The van der Waals surface area contributed by atoms with Gasteiger partial charge in [-0.25, -0.2) is 13.8 Å². The zero-order valence-electron chi connectivity index (χ0n) is 19.3. The van der Waals surface area contributed by atoms with Crippen molar-refractivity contribution in [2.24, 2.45) is 0 Å². The number of fused-ring (bicyclic) bond motifs is 1. The number of benzene rings is 1. The summed E-state index contributed by atoms with van der Waals surface area (Å²) < 4.78 is 35.8. The molecule has 0 saturated carbocycles. The summed E-state index contributed by atoms with van der Waals surface area (Å²) in [4.78, 5) is 22.3. The Morgan fingerprint density at radius 2 is 1.91 bits per heavy atom. The van der Waals surface area contributed by atoms with Gasteiger partial charge in [-0.05, 0) is 39.9 Å². The topological polar surface area (TPSA) is 62.6 Å². The molecule has 0 unspecified atom stereocenters. The summed E-state index contributed by atoms with van der Waals surface area (Å²) in [6.45, 7) is 9.52. The van der Waals surface area contributed by atoms with Gasteiger partial charge in [-0.1, -0.05) is 11.6 Å². The minimum Gasteiger partial charge on any atom is -0.379 e. The van der Waals surface area contributed by atoms with Gasteiger partial charge < -0.3 is 19.5 Å². The number of morpholine rings is 1. The largest absolute Gasteiger partial charge is 0.379 e. The molecule has 0 radical (unpaired) electrons. The molecular formula is C23H30ClF2N5O2. The van der Waals surface area contributed by atoms with Crippen molar-refractivity contribution in [3.8, 4) is 11.4 Å². The number of nitrogens with zero attached hydrogens (tertiary/aromatic N) is 4. The lowest BCUT2D eigenvalue weighted by Gasteiger charge is -2.35. The van der Waals surface area contributed by atoms with Crippen molar-refractivity contribution in [1.29, 1.82) is 0 Å². The maximum absolute atomic E-state index is 14.7. The van der Waals surface area contributed by atoms with Crippen molar-refractivity contribution in [2.45, 2.75) is 38.9 Å². The van der Waals surface area contributed by atoms with Gasteiger partial charge in [0.25, 0.3) is 5.91 Å². The number of imidazole rings is 1. The normalized spacial score (nSPS) is 18.1. The van der Waals surface area contributed by atoms with E-state index >= 15 is 0 Å². The van der Waals surface area contributed by atoms with E-state index in [1.54, 1.807) is 0 Å². The molecule has 180 valence electrons. The van der Waals surface area contributed by atoms with Crippen LogP contribution in [-0.4, -0.2) is 77.2 Å². The van der Waals surface area contributed by atoms with Crippen LogP contribution in [0, 0.1) is 11.6 Å². The van der Waals surface area contributed by atoms with E-state index in [4.69, 9.17) is 16.3 Å². The molecule has 1 aromatic heterocycles. The molecule has 0 aliphatic carbocycles. The van der Waals surface area contributed by atoms with E-state index in [0.717, 1.165) is 32.1 Å².